The molecule has 3 aromatic rings. The first-order valence-corrected chi connectivity index (χ1v) is 9.41. The van der Waals surface area contributed by atoms with Gasteiger partial charge in [0.25, 0.3) is 0 Å². The lowest BCUT2D eigenvalue weighted by molar-refractivity contribution is -0.142. The zero-order valence-electron chi connectivity index (χ0n) is 15.7. The zero-order chi connectivity index (χ0) is 20.1. The summed E-state index contributed by atoms with van der Waals surface area (Å²) in [6, 6.07) is 11.3. The van der Waals surface area contributed by atoms with Crippen LogP contribution in [-0.2, 0) is 9.53 Å². The normalized spacial score (nSPS) is 15.3. The van der Waals surface area contributed by atoms with Crippen LogP contribution in [0.4, 0.5) is 5.82 Å². The lowest BCUT2D eigenvalue weighted by Crippen LogP contribution is -2.42. The van der Waals surface area contributed by atoms with Crippen molar-refractivity contribution in [2.24, 2.45) is 0 Å². The van der Waals surface area contributed by atoms with Crippen LogP contribution in [0.2, 0.25) is 0 Å². The number of ether oxygens (including phenoxy) is 1. The topological polar surface area (TPSA) is 117 Å². The Morgan fingerprint density at radius 2 is 2.21 bits per heavy atom. The second kappa shape index (κ2) is 8.67. The largest absolute Gasteiger partial charge is 0.439 e. The Labute approximate surface area is 167 Å². The number of morpholine rings is 1. The Bertz CT molecular complexity index is 1010. The molecule has 0 bridgehead atoms. The summed E-state index contributed by atoms with van der Waals surface area (Å²) >= 11 is 0. The molecular weight excluding hydrogens is 372 g/mol. The second-order valence-electron chi connectivity index (χ2n) is 6.62. The van der Waals surface area contributed by atoms with Crippen LogP contribution in [0.5, 0.6) is 0 Å². The summed E-state index contributed by atoms with van der Waals surface area (Å²) in [6.45, 7) is 2.68. The maximum Gasteiger partial charge on any atom is 0.248 e. The van der Waals surface area contributed by atoms with E-state index >= 15 is 0 Å². The van der Waals surface area contributed by atoms with Crippen molar-refractivity contribution in [2.45, 2.75) is 12.3 Å². The van der Waals surface area contributed by atoms with E-state index in [0.29, 0.717) is 54.7 Å². The van der Waals surface area contributed by atoms with Gasteiger partial charge in [0.05, 0.1) is 18.4 Å². The van der Waals surface area contributed by atoms with Gasteiger partial charge in [-0.2, -0.15) is 5.26 Å². The summed E-state index contributed by atoms with van der Waals surface area (Å²) in [6.07, 6.45) is 2.19. The van der Waals surface area contributed by atoms with Gasteiger partial charge >= 0.3 is 0 Å². The molecule has 0 saturated carbocycles. The fraction of sp³-hybridized carbons (Fsp3) is 0.350. The van der Waals surface area contributed by atoms with Gasteiger partial charge in [-0.25, -0.2) is 15.0 Å². The maximum atomic E-state index is 11.7. The molecule has 1 aromatic carbocycles. The van der Waals surface area contributed by atoms with Gasteiger partial charge < -0.3 is 19.4 Å². The summed E-state index contributed by atoms with van der Waals surface area (Å²) in [7, 11) is 0. The number of para-hydroxylation sites is 2. The molecule has 1 aliphatic rings. The molecule has 29 heavy (non-hydrogen) atoms. The summed E-state index contributed by atoms with van der Waals surface area (Å²) < 4.78 is 10.9. The number of hydrogen-bond acceptors (Lipinski definition) is 8. The molecule has 9 nitrogen and oxygen atoms in total. The number of rotatable bonds is 7. The van der Waals surface area contributed by atoms with E-state index in [2.05, 4.69) is 26.3 Å². The van der Waals surface area contributed by atoms with Crippen LogP contribution in [0.1, 0.15) is 23.9 Å². The maximum absolute atomic E-state index is 11.7. The van der Waals surface area contributed by atoms with Crippen LogP contribution in [0.15, 0.2) is 41.1 Å². The molecular formula is C20H20N6O3. The molecule has 0 aliphatic carbocycles. The van der Waals surface area contributed by atoms with Crippen molar-refractivity contribution in [1.82, 2.24) is 19.9 Å². The molecule has 1 aliphatic heterocycles. The minimum Gasteiger partial charge on any atom is -0.439 e. The van der Waals surface area contributed by atoms with Crippen LogP contribution in [0.3, 0.4) is 0 Å². The molecule has 1 unspecified atom stereocenters. The van der Waals surface area contributed by atoms with Gasteiger partial charge in [0.2, 0.25) is 11.8 Å². The molecule has 148 valence electrons. The predicted molar refractivity (Wildman–Crippen MR) is 104 cm³/mol. The number of anilines is 1. The van der Waals surface area contributed by atoms with Crippen molar-refractivity contribution in [3.8, 4) is 6.07 Å². The number of nitrogens with zero attached hydrogens (tertiary/aromatic N) is 5. The highest BCUT2D eigenvalue weighted by molar-refractivity contribution is 5.78. The zero-order valence-corrected chi connectivity index (χ0v) is 15.7. The fourth-order valence-electron chi connectivity index (χ4n) is 3.16. The summed E-state index contributed by atoms with van der Waals surface area (Å²) in [5.41, 5.74) is 1.85. The van der Waals surface area contributed by atoms with Crippen LogP contribution >= 0.6 is 0 Å². The standard InChI is InChI=1S/C20H20N6O3/c21-11-14(20-25-15-4-1-2-5-17(15)29-20)16-10-18(24-13-23-16)22-6-3-7-26-8-9-28-12-19(26)27/h1-2,4-5,10,13-14H,3,6-9,12H2,(H,22,23,24). The predicted octanol–water partition coefficient (Wildman–Crippen LogP) is 1.93. The molecule has 1 fully saturated rings. The SMILES string of the molecule is N#CC(c1cc(NCCCN2CCOCC2=O)ncn1)c1nc2ccccc2o1. The molecule has 2 aromatic heterocycles. The lowest BCUT2D eigenvalue weighted by atomic mass is 10.1. The summed E-state index contributed by atoms with van der Waals surface area (Å²) in [4.78, 5) is 26.4. The molecule has 1 saturated heterocycles. The third kappa shape index (κ3) is 4.33. The van der Waals surface area contributed by atoms with Gasteiger partial charge in [0, 0.05) is 25.7 Å². The van der Waals surface area contributed by atoms with Gasteiger partial charge in [-0.05, 0) is 18.6 Å². The van der Waals surface area contributed by atoms with Gasteiger partial charge in [-0.15, -0.1) is 0 Å². The highest BCUT2D eigenvalue weighted by atomic mass is 16.5. The van der Waals surface area contributed by atoms with Gasteiger partial charge in [0.15, 0.2) is 11.5 Å². The van der Waals surface area contributed by atoms with E-state index < -0.39 is 5.92 Å². The molecule has 0 spiro atoms. The first-order valence-electron chi connectivity index (χ1n) is 9.41. The Kier molecular flexibility index (Phi) is 5.63. The van der Waals surface area contributed by atoms with E-state index in [-0.39, 0.29) is 12.5 Å². The molecule has 4 rings (SSSR count). The number of nitrogens with one attached hydrogen (secondary N) is 1. The molecule has 9 heteroatoms. The van der Waals surface area contributed by atoms with Crippen molar-refractivity contribution in [1.29, 1.82) is 5.26 Å². The van der Waals surface area contributed by atoms with E-state index in [0.717, 1.165) is 6.42 Å². The van der Waals surface area contributed by atoms with Crippen molar-refractivity contribution < 1.29 is 13.9 Å². The Balaban J connectivity index is 1.39. The van der Waals surface area contributed by atoms with E-state index in [1.165, 1.54) is 6.33 Å². The van der Waals surface area contributed by atoms with Gasteiger partial charge in [-0.1, -0.05) is 12.1 Å². The molecule has 3 heterocycles. The van der Waals surface area contributed by atoms with Gasteiger partial charge in [0.1, 0.15) is 24.3 Å². The number of oxazole rings is 1. The highest BCUT2D eigenvalue weighted by Crippen LogP contribution is 2.26. The van der Waals surface area contributed by atoms with Crippen molar-refractivity contribution >= 4 is 22.8 Å². The van der Waals surface area contributed by atoms with E-state index in [1.807, 2.05) is 24.3 Å². The monoisotopic (exact) mass is 392 g/mol. The number of carbonyl (C=O) groups is 1. The number of fused-ring (bicyclic) bond motifs is 1. The number of carbonyl (C=O) groups excluding carboxylic acids is 1. The van der Waals surface area contributed by atoms with E-state index in [4.69, 9.17) is 9.15 Å². The fourth-order valence-corrected chi connectivity index (χ4v) is 3.16. The van der Waals surface area contributed by atoms with Gasteiger partial charge in [-0.3, -0.25) is 4.79 Å². The third-order valence-electron chi connectivity index (χ3n) is 4.67. The number of benzene rings is 1. The smallest absolute Gasteiger partial charge is 0.248 e. The molecule has 1 amide bonds. The van der Waals surface area contributed by atoms with Crippen LogP contribution in [0.25, 0.3) is 11.1 Å². The second-order valence-corrected chi connectivity index (χ2v) is 6.62. The molecule has 1 atom stereocenters. The van der Waals surface area contributed by atoms with Crippen LogP contribution in [0, 0.1) is 11.3 Å². The number of aromatic nitrogens is 3. The number of amides is 1. The first-order chi connectivity index (χ1) is 14.2. The summed E-state index contributed by atoms with van der Waals surface area (Å²) in [5.74, 6) is 0.219. The molecule has 0 radical (unpaired) electrons. The lowest BCUT2D eigenvalue weighted by Gasteiger charge is -2.26. The van der Waals surface area contributed by atoms with Crippen molar-refractivity contribution in [2.75, 3.05) is 38.2 Å². The number of nitriles is 1. The average Bonchev–Trinajstić information content (AvgIpc) is 3.17. The Morgan fingerprint density at radius 3 is 3.03 bits per heavy atom. The van der Waals surface area contributed by atoms with E-state index in [1.54, 1.807) is 11.0 Å². The molecule has 1 N–H and O–H groups in total. The quantitative estimate of drug-likeness (QED) is 0.606. The van der Waals surface area contributed by atoms with Crippen LogP contribution < -0.4 is 5.32 Å². The first kappa shape index (κ1) is 18.8. The van der Waals surface area contributed by atoms with Crippen LogP contribution in [-0.4, -0.2) is 58.6 Å². The van der Waals surface area contributed by atoms with Crippen molar-refractivity contribution in [3.05, 3.63) is 48.2 Å². The van der Waals surface area contributed by atoms with Crippen molar-refractivity contribution in [3.63, 3.8) is 0 Å². The Hall–Kier alpha value is -3.51. The number of hydrogen-bond donors (Lipinski definition) is 1. The Morgan fingerprint density at radius 1 is 1.31 bits per heavy atom. The third-order valence-corrected chi connectivity index (χ3v) is 4.67. The minimum atomic E-state index is -0.725. The average molecular weight is 392 g/mol. The van der Waals surface area contributed by atoms with E-state index in [9.17, 15) is 10.1 Å². The summed E-state index contributed by atoms with van der Waals surface area (Å²) in [5, 5.41) is 12.9. The minimum absolute atomic E-state index is 0.0239. The highest BCUT2D eigenvalue weighted by Gasteiger charge is 2.22.